The van der Waals surface area contributed by atoms with E-state index in [1.807, 2.05) is 36.4 Å². The van der Waals surface area contributed by atoms with Gasteiger partial charge in [0.1, 0.15) is 5.58 Å². The van der Waals surface area contributed by atoms with Gasteiger partial charge in [0.2, 0.25) is 0 Å². The van der Waals surface area contributed by atoms with E-state index in [0.29, 0.717) is 11.0 Å². The van der Waals surface area contributed by atoms with E-state index >= 15 is 0 Å². The third-order valence-corrected chi connectivity index (χ3v) is 3.15. The molecule has 0 bridgehead atoms. The molecule has 0 saturated carbocycles. The van der Waals surface area contributed by atoms with Crippen molar-refractivity contribution in [3.63, 3.8) is 0 Å². The first-order chi connectivity index (χ1) is 9.53. The average Bonchev–Trinajstić information content (AvgIpc) is 2.80. The van der Waals surface area contributed by atoms with Crippen LogP contribution in [-0.4, -0.2) is 6.18 Å². The van der Waals surface area contributed by atoms with Crippen molar-refractivity contribution >= 4 is 11.0 Å². The van der Waals surface area contributed by atoms with Crippen LogP contribution >= 0.6 is 0 Å². The maximum Gasteiger partial charge on any atom is 0.393 e. The zero-order valence-corrected chi connectivity index (χ0v) is 10.4. The lowest BCUT2D eigenvalue weighted by atomic mass is 10.0. The van der Waals surface area contributed by atoms with E-state index in [4.69, 9.17) is 4.42 Å². The van der Waals surface area contributed by atoms with Gasteiger partial charge in [0.05, 0.1) is 12.7 Å². The van der Waals surface area contributed by atoms with E-state index in [2.05, 4.69) is 0 Å². The van der Waals surface area contributed by atoms with E-state index in [-0.39, 0.29) is 5.56 Å². The molecule has 0 radical (unpaired) electrons. The maximum atomic E-state index is 12.5. The molecule has 1 aromatic heterocycles. The SMILES string of the molecule is FC(F)(F)Cc1coc2ccc(-c3ccccc3)cc12. The van der Waals surface area contributed by atoms with E-state index in [1.165, 1.54) is 6.26 Å². The summed E-state index contributed by atoms with van der Waals surface area (Å²) in [6.07, 6.45) is -4.02. The summed E-state index contributed by atoms with van der Waals surface area (Å²) >= 11 is 0. The van der Waals surface area contributed by atoms with E-state index < -0.39 is 12.6 Å². The Morgan fingerprint density at radius 3 is 2.35 bits per heavy atom. The highest BCUT2D eigenvalue weighted by atomic mass is 19.4. The van der Waals surface area contributed by atoms with E-state index in [1.54, 1.807) is 12.1 Å². The smallest absolute Gasteiger partial charge is 0.393 e. The summed E-state index contributed by atoms with van der Waals surface area (Å²) in [6.45, 7) is 0. The van der Waals surface area contributed by atoms with Gasteiger partial charge in [-0.3, -0.25) is 0 Å². The summed E-state index contributed by atoms with van der Waals surface area (Å²) in [6, 6.07) is 14.8. The fourth-order valence-electron chi connectivity index (χ4n) is 2.24. The summed E-state index contributed by atoms with van der Waals surface area (Å²) < 4.78 is 42.8. The van der Waals surface area contributed by atoms with Gasteiger partial charge in [-0.2, -0.15) is 13.2 Å². The molecule has 20 heavy (non-hydrogen) atoms. The Bertz CT molecular complexity index is 726. The third kappa shape index (κ3) is 2.54. The largest absolute Gasteiger partial charge is 0.464 e. The lowest BCUT2D eigenvalue weighted by Crippen LogP contribution is -2.10. The van der Waals surface area contributed by atoms with Crippen LogP contribution in [0.5, 0.6) is 0 Å². The number of furan rings is 1. The first-order valence-corrected chi connectivity index (χ1v) is 6.15. The second-order valence-corrected chi connectivity index (χ2v) is 4.63. The summed E-state index contributed by atoms with van der Waals surface area (Å²) in [7, 11) is 0. The monoisotopic (exact) mass is 276 g/mol. The van der Waals surface area contributed by atoms with Crippen molar-refractivity contribution in [2.24, 2.45) is 0 Å². The standard InChI is InChI=1S/C16H11F3O/c17-16(18,19)9-13-10-20-15-7-6-12(8-14(13)15)11-4-2-1-3-5-11/h1-8,10H,9H2. The Labute approximate surface area is 113 Å². The van der Waals surface area contributed by atoms with Crippen molar-refractivity contribution in [1.82, 2.24) is 0 Å². The van der Waals surface area contributed by atoms with E-state index in [9.17, 15) is 13.2 Å². The van der Waals surface area contributed by atoms with Gasteiger partial charge in [0.15, 0.2) is 0 Å². The molecule has 0 atom stereocenters. The van der Waals surface area contributed by atoms with Crippen LogP contribution in [0.2, 0.25) is 0 Å². The van der Waals surface area contributed by atoms with Crippen LogP contribution in [-0.2, 0) is 6.42 Å². The average molecular weight is 276 g/mol. The van der Waals surface area contributed by atoms with Crippen LogP contribution < -0.4 is 0 Å². The minimum Gasteiger partial charge on any atom is -0.464 e. The molecule has 0 spiro atoms. The summed E-state index contributed by atoms with van der Waals surface area (Å²) in [5.41, 5.74) is 2.49. The Hall–Kier alpha value is -2.23. The predicted octanol–water partition coefficient (Wildman–Crippen LogP) is 5.20. The first kappa shape index (κ1) is 12.8. The molecule has 2 aromatic carbocycles. The van der Waals surface area contributed by atoms with Crippen molar-refractivity contribution in [2.75, 3.05) is 0 Å². The topological polar surface area (TPSA) is 13.1 Å². The van der Waals surface area contributed by atoms with Gasteiger partial charge in [-0.1, -0.05) is 36.4 Å². The normalized spacial score (nSPS) is 11.9. The lowest BCUT2D eigenvalue weighted by Gasteiger charge is -2.05. The molecule has 0 aliphatic rings. The zero-order chi connectivity index (χ0) is 14.2. The van der Waals surface area contributed by atoms with Crippen LogP contribution in [0, 0.1) is 0 Å². The van der Waals surface area contributed by atoms with Crippen molar-refractivity contribution in [1.29, 1.82) is 0 Å². The van der Waals surface area contributed by atoms with Crippen molar-refractivity contribution < 1.29 is 17.6 Å². The molecular weight excluding hydrogens is 265 g/mol. The van der Waals surface area contributed by atoms with Crippen LogP contribution in [0.3, 0.4) is 0 Å². The fraction of sp³-hybridized carbons (Fsp3) is 0.125. The van der Waals surface area contributed by atoms with Gasteiger partial charge < -0.3 is 4.42 Å². The Kier molecular flexibility index (Phi) is 3.01. The highest BCUT2D eigenvalue weighted by Gasteiger charge is 2.29. The number of hydrogen-bond donors (Lipinski definition) is 0. The van der Waals surface area contributed by atoms with E-state index in [0.717, 1.165) is 11.1 Å². The molecule has 0 fully saturated rings. The summed E-state index contributed by atoms with van der Waals surface area (Å²) in [5, 5.41) is 0.517. The lowest BCUT2D eigenvalue weighted by molar-refractivity contribution is -0.127. The molecule has 0 saturated heterocycles. The molecule has 0 amide bonds. The van der Waals surface area contributed by atoms with Gasteiger partial charge in [0, 0.05) is 10.9 Å². The van der Waals surface area contributed by atoms with Crippen LogP contribution in [0.25, 0.3) is 22.1 Å². The second kappa shape index (κ2) is 4.71. The fourth-order valence-corrected chi connectivity index (χ4v) is 2.24. The predicted molar refractivity (Wildman–Crippen MR) is 71.4 cm³/mol. The molecule has 1 heterocycles. The molecule has 3 rings (SSSR count). The Morgan fingerprint density at radius 1 is 0.900 bits per heavy atom. The molecule has 0 aliphatic carbocycles. The first-order valence-electron chi connectivity index (χ1n) is 6.15. The van der Waals surface area contributed by atoms with Crippen molar-refractivity contribution in [3.05, 3.63) is 60.4 Å². The molecule has 102 valence electrons. The number of halogens is 3. The van der Waals surface area contributed by atoms with Crippen molar-refractivity contribution in [2.45, 2.75) is 12.6 Å². The van der Waals surface area contributed by atoms with Crippen LogP contribution in [0.4, 0.5) is 13.2 Å². The Balaban J connectivity index is 2.08. The zero-order valence-electron chi connectivity index (χ0n) is 10.4. The minimum atomic E-state index is -4.24. The molecule has 0 N–H and O–H groups in total. The number of hydrogen-bond acceptors (Lipinski definition) is 1. The highest BCUT2D eigenvalue weighted by Crippen LogP contribution is 2.31. The number of benzene rings is 2. The van der Waals surface area contributed by atoms with Gasteiger partial charge in [-0.25, -0.2) is 0 Å². The molecular formula is C16H11F3O. The van der Waals surface area contributed by atoms with Crippen LogP contribution in [0.15, 0.2) is 59.2 Å². The second-order valence-electron chi connectivity index (χ2n) is 4.63. The third-order valence-electron chi connectivity index (χ3n) is 3.15. The maximum absolute atomic E-state index is 12.5. The summed E-state index contributed by atoms with van der Waals surface area (Å²) in [5.74, 6) is 0. The molecule has 4 heteroatoms. The van der Waals surface area contributed by atoms with Crippen molar-refractivity contribution in [3.8, 4) is 11.1 Å². The minimum absolute atomic E-state index is 0.172. The van der Waals surface area contributed by atoms with Gasteiger partial charge in [0.25, 0.3) is 0 Å². The molecule has 3 aromatic rings. The quantitative estimate of drug-likeness (QED) is 0.626. The molecule has 0 aliphatic heterocycles. The van der Waals surface area contributed by atoms with Gasteiger partial charge >= 0.3 is 6.18 Å². The summed E-state index contributed by atoms with van der Waals surface area (Å²) in [4.78, 5) is 0. The Morgan fingerprint density at radius 2 is 1.65 bits per heavy atom. The number of alkyl halides is 3. The highest BCUT2D eigenvalue weighted by molar-refractivity contribution is 5.86. The van der Waals surface area contributed by atoms with Gasteiger partial charge in [-0.05, 0) is 23.3 Å². The number of rotatable bonds is 2. The molecule has 1 nitrogen and oxygen atoms in total. The van der Waals surface area contributed by atoms with Gasteiger partial charge in [-0.15, -0.1) is 0 Å². The molecule has 0 unspecified atom stereocenters. The number of fused-ring (bicyclic) bond motifs is 1. The van der Waals surface area contributed by atoms with Crippen LogP contribution in [0.1, 0.15) is 5.56 Å².